The van der Waals surface area contributed by atoms with Crippen molar-refractivity contribution in [1.82, 2.24) is 10.3 Å². The van der Waals surface area contributed by atoms with Crippen molar-refractivity contribution in [2.75, 3.05) is 24.3 Å². The van der Waals surface area contributed by atoms with E-state index in [1.165, 1.54) is 0 Å². The highest BCUT2D eigenvalue weighted by Crippen LogP contribution is 2.39. The fourth-order valence-corrected chi connectivity index (χ4v) is 4.69. The molecule has 0 spiro atoms. The molecular formula is C27H25N3O3S. The monoisotopic (exact) mass is 471 g/mol. The second kappa shape index (κ2) is 9.75. The SMILES string of the molecule is C[S+]([O-])c1ccc(CNC(=O)c2ccc3c(c2)OCCCN3c2ccnc3ccccc23)cc1. The van der Waals surface area contributed by atoms with E-state index in [2.05, 4.69) is 21.3 Å². The van der Waals surface area contributed by atoms with Gasteiger partial charge in [-0.25, -0.2) is 0 Å². The molecule has 0 aliphatic carbocycles. The van der Waals surface area contributed by atoms with Gasteiger partial charge >= 0.3 is 0 Å². The highest BCUT2D eigenvalue weighted by molar-refractivity contribution is 7.90. The highest BCUT2D eigenvalue weighted by Gasteiger charge is 2.21. The van der Waals surface area contributed by atoms with E-state index in [0.29, 0.717) is 24.5 Å². The van der Waals surface area contributed by atoms with Crippen LogP contribution in [0.1, 0.15) is 22.3 Å². The van der Waals surface area contributed by atoms with Crippen molar-refractivity contribution in [1.29, 1.82) is 0 Å². The molecule has 1 N–H and O–H groups in total. The predicted molar refractivity (Wildman–Crippen MR) is 135 cm³/mol. The van der Waals surface area contributed by atoms with Crippen LogP contribution in [0, 0.1) is 0 Å². The van der Waals surface area contributed by atoms with Crippen LogP contribution in [-0.4, -0.2) is 34.9 Å². The Hall–Kier alpha value is -3.55. The largest absolute Gasteiger partial charge is 0.612 e. The summed E-state index contributed by atoms with van der Waals surface area (Å²) in [5.41, 5.74) is 4.45. The molecule has 34 heavy (non-hydrogen) atoms. The first-order chi connectivity index (χ1) is 16.6. The lowest BCUT2D eigenvalue weighted by atomic mass is 10.1. The van der Waals surface area contributed by atoms with Gasteiger partial charge in [0.05, 0.1) is 23.5 Å². The van der Waals surface area contributed by atoms with Crippen molar-refractivity contribution < 1.29 is 14.1 Å². The molecule has 0 saturated carbocycles. The lowest BCUT2D eigenvalue weighted by Gasteiger charge is -2.25. The Labute approximate surface area is 201 Å². The van der Waals surface area contributed by atoms with Crippen LogP contribution in [0.15, 0.2) is 83.9 Å². The number of nitrogens with one attached hydrogen (secondary N) is 1. The summed E-state index contributed by atoms with van der Waals surface area (Å²) in [6.45, 7) is 1.79. The zero-order valence-corrected chi connectivity index (χ0v) is 19.7. The molecule has 6 nitrogen and oxygen atoms in total. The number of carbonyl (C=O) groups excluding carboxylic acids is 1. The summed E-state index contributed by atoms with van der Waals surface area (Å²) >= 11 is -1.02. The molecule has 1 amide bonds. The minimum atomic E-state index is -1.02. The van der Waals surface area contributed by atoms with Crippen molar-refractivity contribution in [3.63, 3.8) is 0 Å². The van der Waals surface area contributed by atoms with Crippen LogP contribution in [-0.2, 0) is 17.7 Å². The number of hydrogen-bond donors (Lipinski definition) is 1. The number of fused-ring (bicyclic) bond motifs is 2. The van der Waals surface area contributed by atoms with Crippen LogP contribution in [0.25, 0.3) is 10.9 Å². The van der Waals surface area contributed by atoms with Gasteiger partial charge in [-0.3, -0.25) is 9.78 Å². The van der Waals surface area contributed by atoms with Gasteiger partial charge in [0.2, 0.25) is 0 Å². The summed E-state index contributed by atoms with van der Waals surface area (Å²) in [6.07, 6.45) is 4.34. The molecule has 172 valence electrons. The third kappa shape index (κ3) is 4.58. The first-order valence-corrected chi connectivity index (χ1v) is 12.7. The van der Waals surface area contributed by atoms with Gasteiger partial charge < -0.3 is 19.5 Å². The standard InChI is InChI=1S/C27H25N3O3S/c1-34(32)21-10-7-19(8-11-21)18-29-27(31)20-9-12-25-26(17-20)33-16-4-15-30(25)24-13-14-28-23-6-3-2-5-22(23)24/h2-3,5-14,17H,4,15-16,18H2,1H3,(H,29,31). The lowest BCUT2D eigenvalue weighted by molar-refractivity contribution is 0.0950. The molecule has 1 unspecified atom stereocenters. The minimum Gasteiger partial charge on any atom is -0.612 e. The number of amides is 1. The number of pyridine rings is 1. The first kappa shape index (κ1) is 22.3. The number of para-hydroxylation sites is 1. The molecule has 3 aromatic carbocycles. The second-order valence-corrected chi connectivity index (χ2v) is 9.54. The normalized spacial score (nSPS) is 14.1. The third-order valence-electron chi connectivity index (χ3n) is 5.92. The van der Waals surface area contributed by atoms with Crippen molar-refractivity contribution >= 4 is 39.4 Å². The van der Waals surface area contributed by atoms with E-state index in [1.807, 2.05) is 72.9 Å². The Morgan fingerprint density at radius 1 is 1.09 bits per heavy atom. The summed E-state index contributed by atoms with van der Waals surface area (Å²) in [6, 6.07) is 23.1. The van der Waals surface area contributed by atoms with Gasteiger partial charge in [0, 0.05) is 30.2 Å². The van der Waals surface area contributed by atoms with E-state index in [-0.39, 0.29) is 5.91 Å². The summed E-state index contributed by atoms with van der Waals surface area (Å²) < 4.78 is 17.6. The number of benzene rings is 3. The number of nitrogens with zero attached hydrogens (tertiary/aromatic N) is 2. The Balaban J connectivity index is 1.38. The summed E-state index contributed by atoms with van der Waals surface area (Å²) in [4.78, 5) is 20.4. The maximum atomic E-state index is 12.9. The Morgan fingerprint density at radius 3 is 2.74 bits per heavy atom. The smallest absolute Gasteiger partial charge is 0.251 e. The summed E-state index contributed by atoms with van der Waals surface area (Å²) in [5, 5.41) is 4.04. The molecule has 5 rings (SSSR count). The average Bonchev–Trinajstić information content (AvgIpc) is 3.09. The van der Waals surface area contributed by atoms with Crippen LogP contribution < -0.4 is 15.0 Å². The maximum Gasteiger partial charge on any atom is 0.251 e. The van der Waals surface area contributed by atoms with Crippen LogP contribution >= 0.6 is 0 Å². The molecule has 1 aromatic heterocycles. The first-order valence-electron chi connectivity index (χ1n) is 11.2. The molecule has 1 aliphatic rings. The third-order valence-corrected chi connectivity index (χ3v) is 6.86. The van der Waals surface area contributed by atoms with Crippen molar-refractivity contribution in [2.24, 2.45) is 0 Å². The van der Waals surface area contributed by atoms with Crippen LogP contribution in [0.2, 0.25) is 0 Å². The van der Waals surface area contributed by atoms with E-state index in [1.54, 1.807) is 6.26 Å². The van der Waals surface area contributed by atoms with Gasteiger partial charge in [-0.15, -0.1) is 0 Å². The molecule has 0 bridgehead atoms. The molecule has 0 saturated heterocycles. The molecule has 1 atom stereocenters. The topological polar surface area (TPSA) is 77.5 Å². The van der Waals surface area contributed by atoms with E-state index in [9.17, 15) is 9.35 Å². The molecule has 2 heterocycles. The van der Waals surface area contributed by atoms with Gasteiger partial charge in [0.25, 0.3) is 5.91 Å². The zero-order valence-electron chi connectivity index (χ0n) is 18.9. The Kier molecular flexibility index (Phi) is 6.38. The lowest BCUT2D eigenvalue weighted by Crippen LogP contribution is -2.23. The van der Waals surface area contributed by atoms with Crippen LogP contribution in [0.5, 0.6) is 5.75 Å². The highest BCUT2D eigenvalue weighted by atomic mass is 32.2. The summed E-state index contributed by atoms with van der Waals surface area (Å²) in [5.74, 6) is 0.528. The van der Waals surface area contributed by atoms with E-state index >= 15 is 0 Å². The van der Waals surface area contributed by atoms with Crippen molar-refractivity contribution in [3.05, 3.63) is 90.1 Å². The number of ether oxygens (including phenoxy) is 1. The summed E-state index contributed by atoms with van der Waals surface area (Å²) in [7, 11) is 0. The molecule has 0 fully saturated rings. The number of hydrogen-bond acceptors (Lipinski definition) is 5. The van der Waals surface area contributed by atoms with Gasteiger partial charge in [-0.05, 0) is 65.6 Å². The molecule has 7 heteroatoms. The molecule has 4 aromatic rings. The maximum absolute atomic E-state index is 12.9. The van der Waals surface area contributed by atoms with Crippen molar-refractivity contribution in [2.45, 2.75) is 17.9 Å². The predicted octanol–water partition coefficient (Wildman–Crippen LogP) is 4.82. The van der Waals surface area contributed by atoms with Gasteiger partial charge in [-0.1, -0.05) is 30.3 Å². The van der Waals surface area contributed by atoms with E-state index in [0.717, 1.165) is 45.7 Å². The quantitative estimate of drug-likeness (QED) is 0.422. The fraction of sp³-hybridized carbons (Fsp3) is 0.185. The van der Waals surface area contributed by atoms with Crippen LogP contribution in [0.4, 0.5) is 11.4 Å². The van der Waals surface area contributed by atoms with Crippen molar-refractivity contribution in [3.8, 4) is 5.75 Å². The fourth-order valence-electron chi connectivity index (χ4n) is 4.17. The van der Waals surface area contributed by atoms with Gasteiger partial charge in [-0.2, -0.15) is 0 Å². The number of aromatic nitrogens is 1. The molecular weight excluding hydrogens is 446 g/mol. The number of carbonyl (C=O) groups is 1. The van der Waals surface area contributed by atoms with E-state index < -0.39 is 11.2 Å². The molecule has 0 radical (unpaired) electrons. The van der Waals surface area contributed by atoms with Crippen LogP contribution in [0.3, 0.4) is 0 Å². The Morgan fingerprint density at radius 2 is 1.91 bits per heavy atom. The average molecular weight is 472 g/mol. The zero-order chi connectivity index (χ0) is 23.5. The second-order valence-electron chi connectivity index (χ2n) is 8.16. The number of rotatable bonds is 5. The van der Waals surface area contributed by atoms with Gasteiger partial charge in [0.15, 0.2) is 4.90 Å². The minimum absolute atomic E-state index is 0.167. The Bertz CT molecular complexity index is 1320. The number of anilines is 2. The van der Waals surface area contributed by atoms with E-state index in [4.69, 9.17) is 4.74 Å². The molecule has 1 aliphatic heterocycles. The van der Waals surface area contributed by atoms with Gasteiger partial charge in [0.1, 0.15) is 12.0 Å².